The van der Waals surface area contributed by atoms with Crippen molar-refractivity contribution in [2.24, 2.45) is 0 Å². The number of hydrogen-bond acceptors (Lipinski definition) is 4. The fourth-order valence-electron chi connectivity index (χ4n) is 3.44. The third-order valence-electron chi connectivity index (χ3n) is 4.95. The smallest absolute Gasteiger partial charge is 0.274 e. The molecule has 0 saturated carbocycles. The van der Waals surface area contributed by atoms with Gasteiger partial charge in [-0.05, 0) is 39.8 Å². The van der Waals surface area contributed by atoms with Crippen molar-refractivity contribution in [2.75, 3.05) is 46.8 Å². The van der Waals surface area contributed by atoms with Gasteiger partial charge in [0.1, 0.15) is 0 Å². The zero-order valence-electron chi connectivity index (χ0n) is 14.7. The van der Waals surface area contributed by atoms with Crippen LogP contribution >= 0.6 is 0 Å². The molecule has 0 spiro atoms. The van der Waals surface area contributed by atoms with E-state index in [0.717, 1.165) is 43.5 Å². The van der Waals surface area contributed by atoms with E-state index in [2.05, 4.69) is 10.2 Å². The average molecular weight is 333 g/mol. The number of amides is 2. The molecule has 1 aliphatic heterocycles. The molecule has 7 heteroatoms. The first-order valence-electron chi connectivity index (χ1n) is 8.84. The van der Waals surface area contributed by atoms with Crippen molar-refractivity contribution in [1.29, 1.82) is 0 Å². The molecular weight excluding hydrogens is 306 g/mol. The van der Waals surface area contributed by atoms with Crippen LogP contribution in [0, 0.1) is 0 Å². The van der Waals surface area contributed by atoms with Gasteiger partial charge in [0.2, 0.25) is 5.91 Å². The number of nitrogens with zero attached hydrogens (tertiary/aromatic N) is 4. The Balaban J connectivity index is 1.56. The summed E-state index contributed by atoms with van der Waals surface area (Å²) in [5.41, 5.74) is 2.83. The first-order valence-corrected chi connectivity index (χ1v) is 8.84. The number of aromatic nitrogens is 2. The van der Waals surface area contributed by atoms with E-state index in [1.54, 1.807) is 0 Å². The molecule has 1 aromatic rings. The Morgan fingerprint density at radius 1 is 1.08 bits per heavy atom. The van der Waals surface area contributed by atoms with Crippen LogP contribution in [0.2, 0.25) is 0 Å². The second kappa shape index (κ2) is 7.34. The first-order chi connectivity index (χ1) is 11.6. The largest absolute Gasteiger partial charge is 0.339 e. The van der Waals surface area contributed by atoms with Crippen LogP contribution in [0.15, 0.2) is 0 Å². The molecule has 0 radical (unpaired) electrons. The molecule has 1 N–H and O–H groups in total. The quantitative estimate of drug-likeness (QED) is 0.872. The maximum Gasteiger partial charge on any atom is 0.274 e. The average Bonchev–Trinajstić information content (AvgIpc) is 3.03. The molecule has 0 unspecified atom stereocenters. The highest BCUT2D eigenvalue weighted by molar-refractivity contribution is 5.94. The Morgan fingerprint density at radius 3 is 2.46 bits per heavy atom. The van der Waals surface area contributed by atoms with Crippen molar-refractivity contribution in [3.63, 3.8) is 0 Å². The van der Waals surface area contributed by atoms with E-state index in [1.165, 1.54) is 0 Å². The lowest BCUT2D eigenvalue weighted by Gasteiger charge is -2.34. The van der Waals surface area contributed by atoms with E-state index < -0.39 is 0 Å². The molecule has 1 saturated heterocycles. The molecule has 3 rings (SSSR count). The van der Waals surface area contributed by atoms with E-state index >= 15 is 0 Å². The summed E-state index contributed by atoms with van der Waals surface area (Å²) in [4.78, 5) is 30.7. The summed E-state index contributed by atoms with van der Waals surface area (Å²) in [6, 6.07) is 0. The second-order valence-corrected chi connectivity index (χ2v) is 6.96. The maximum atomic E-state index is 12.8. The van der Waals surface area contributed by atoms with E-state index in [-0.39, 0.29) is 11.8 Å². The monoisotopic (exact) mass is 333 g/mol. The van der Waals surface area contributed by atoms with Gasteiger partial charge in [0.25, 0.3) is 5.91 Å². The standard InChI is InChI=1S/C17H27N5O2/c1-20(2)8-7-15(23)21-9-11-22(12-10-21)17(24)16-13-5-3-4-6-14(13)18-19-16/h3-12H2,1-2H3,(H,18,19). The zero-order chi connectivity index (χ0) is 17.1. The van der Waals surface area contributed by atoms with Crippen LogP contribution in [0.5, 0.6) is 0 Å². The molecule has 1 aromatic heterocycles. The van der Waals surface area contributed by atoms with Gasteiger partial charge in [-0.3, -0.25) is 14.7 Å². The highest BCUT2D eigenvalue weighted by atomic mass is 16.2. The summed E-state index contributed by atoms with van der Waals surface area (Å²) in [5, 5.41) is 7.31. The number of nitrogens with one attached hydrogen (secondary N) is 1. The highest BCUT2D eigenvalue weighted by Crippen LogP contribution is 2.23. The van der Waals surface area contributed by atoms with Crippen molar-refractivity contribution < 1.29 is 9.59 Å². The number of aryl methyl sites for hydroxylation is 1. The van der Waals surface area contributed by atoms with E-state index in [4.69, 9.17) is 0 Å². The Bertz CT molecular complexity index is 602. The molecule has 2 heterocycles. The third kappa shape index (κ3) is 3.61. The number of carbonyl (C=O) groups is 2. The fraction of sp³-hybridized carbons (Fsp3) is 0.706. The number of aromatic amines is 1. The van der Waals surface area contributed by atoms with Crippen molar-refractivity contribution in [1.82, 2.24) is 24.9 Å². The van der Waals surface area contributed by atoms with Crippen LogP contribution in [0.1, 0.15) is 41.0 Å². The molecule has 132 valence electrons. The van der Waals surface area contributed by atoms with E-state index in [0.29, 0.717) is 38.3 Å². The molecule has 24 heavy (non-hydrogen) atoms. The van der Waals surface area contributed by atoms with Gasteiger partial charge in [0.15, 0.2) is 5.69 Å². The Hall–Kier alpha value is -1.89. The van der Waals surface area contributed by atoms with Crippen molar-refractivity contribution in [2.45, 2.75) is 32.1 Å². The van der Waals surface area contributed by atoms with Crippen LogP contribution in [0.25, 0.3) is 0 Å². The van der Waals surface area contributed by atoms with Crippen molar-refractivity contribution in [3.05, 3.63) is 17.0 Å². The molecule has 1 aliphatic carbocycles. The number of hydrogen-bond donors (Lipinski definition) is 1. The molecule has 1 fully saturated rings. The normalized spacial score (nSPS) is 18.0. The van der Waals surface area contributed by atoms with E-state index in [9.17, 15) is 9.59 Å². The fourth-order valence-corrected chi connectivity index (χ4v) is 3.44. The number of piperazine rings is 1. The lowest BCUT2D eigenvalue weighted by Crippen LogP contribution is -2.51. The summed E-state index contributed by atoms with van der Waals surface area (Å²) in [5.74, 6) is 0.183. The molecule has 2 aliphatic rings. The van der Waals surface area contributed by atoms with Crippen molar-refractivity contribution in [3.8, 4) is 0 Å². The summed E-state index contributed by atoms with van der Waals surface area (Å²) < 4.78 is 0. The molecule has 0 bridgehead atoms. The number of fused-ring (bicyclic) bond motifs is 1. The van der Waals surface area contributed by atoms with Gasteiger partial charge in [0.05, 0.1) is 0 Å². The van der Waals surface area contributed by atoms with Crippen LogP contribution in [-0.2, 0) is 17.6 Å². The SMILES string of the molecule is CN(C)CCC(=O)N1CCN(C(=O)c2n[nH]c3c2CCCC3)CC1. The van der Waals surface area contributed by atoms with Gasteiger partial charge in [-0.15, -0.1) is 0 Å². The molecule has 7 nitrogen and oxygen atoms in total. The molecule has 0 aromatic carbocycles. The molecule has 0 atom stereocenters. The number of H-pyrrole nitrogens is 1. The Morgan fingerprint density at radius 2 is 1.75 bits per heavy atom. The van der Waals surface area contributed by atoms with Gasteiger partial charge < -0.3 is 14.7 Å². The van der Waals surface area contributed by atoms with Gasteiger partial charge in [-0.2, -0.15) is 5.10 Å². The predicted molar refractivity (Wildman–Crippen MR) is 90.9 cm³/mol. The van der Waals surface area contributed by atoms with E-state index in [1.807, 2.05) is 28.8 Å². The molecular formula is C17H27N5O2. The summed E-state index contributed by atoms with van der Waals surface area (Å²) in [6.45, 7) is 3.18. The second-order valence-electron chi connectivity index (χ2n) is 6.96. The minimum absolute atomic E-state index is 0.00907. The van der Waals surface area contributed by atoms with Gasteiger partial charge >= 0.3 is 0 Å². The zero-order valence-corrected chi connectivity index (χ0v) is 14.7. The Labute approximate surface area is 143 Å². The summed E-state index contributed by atoms with van der Waals surface area (Å²) in [7, 11) is 3.93. The topological polar surface area (TPSA) is 72.5 Å². The minimum atomic E-state index is 0.00907. The minimum Gasteiger partial charge on any atom is -0.339 e. The van der Waals surface area contributed by atoms with Crippen LogP contribution in [0.4, 0.5) is 0 Å². The van der Waals surface area contributed by atoms with Crippen LogP contribution in [0.3, 0.4) is 0 Å². The first kappa shape index (κ1) is 17.0. The molecule has 2 amide bonds. The van der Waals surface area contributed by atoms with Crippen LogP contribution < -0.4 is 0 Å². The lowest BCUT2D eigenvalue weighted by atomic mass is 9.95. The van der Waals surface area contributed by atoms with Crippen LogP contribution in [-0.4, -0.2) is 83.5 Å². The number of rotatable bonds is 4. The predicted octanol–water partition coefficient (Wildman–Crippen LogP) is 0.525. The Kier molecular flexibility index (Phi) is 5.18. The van der Waals surface area contributed by atoms with Gasteiger partial charge in [0, 0.05) is 50.4 Å². The summed E-state index contributed by atoms with van der Waals surface area (Å²) >= 11 is 0. The lowest BCUT2D eigenvalue weighted by molar-refractivity contribution is -0.132. The number of carbonyl (C=O) groups excluding carboxylic acids is 2. The van der Waals surface area contributed by atoms with Crippen molar-refractivity contribution >= 4 is 11.8 Å². The third-order valence-corrected chi connectivity index (χ3v) is 4.95. The van der Waals surface area contributed by atoms with Gasteiger partial charge in [-0.1, -0.05) is 0 Å². The summed E-state index contributed by atoms with van der Waals surface area (Å²) in [6.07, 6.45) is 4.75. The highest BCUT2D eigenvalue weighted by Gasteiger charge is 2.29. The maximum absolute atomic E-state index is 12.8. The van der Waals surface area contributed by atoms with Gasteiger partial charge in [-0.25, -0.2) is 0 Å².